The Labute approximate surface area is 101 Å². The molecule has 0 amide bonds. The van der Waals surface area contributed by atoms with Gasteiger partial charge in [0.15, 0.2) is 5.82 Å². The first-order valence-electron chi connectivity index (χ1n) is 6.00. The van der Waals surface area contributed by atoms with Gasteiger partial charge < -0.3 is 10.3 Å². The van der Waals surface area contributed by atoms with Gasteiger partial charge >= 0.3 is 0 Å². The maximum absolute atomic E-state index is 6.16. The Bertz CT molecular complexity index is 530. The molecule has 2 heterocycles. The molecular formula is C13H16N4. The summed E-state index contributed by atoms with van der Waals surface area (Å²) >= 11 is 0. The molecule has 1 atom stereocenters. The van der Waals surface area contributed by atoms with Crippen LogP contribution in [0.4, 0.5) is 0 Å². The summed E-state index contributed by atoms with van der Waals surface area (Å²) in [5.41, 5.74) is 9.93. The topological polar surface area (TPSA) is 56.7 Å². The number of hydrogen-bond donors (Lipinski definition) is 1. The number of rotatable bonds is 1. The minimum atomic E-state index is 0.176. The minimum Gasteiger partial charge on any atom is -0.324 e. The van der Waals surface area contributed by atoms with E-state index in [1.54, 1.807) is 18.6 Å². The van der Waals surface area contributed by atoms with Gasteiger partial charge in [-0.25, -0.2) is 4.98 Å². The summed E-state index contributed by atoms with van der Waals surface area (Å²) in [6.45, 7) is 2.10. The smallest absolute Gasteiger partial charge is 0.155 e. The van der Waals surface area contributed by atoms with Crippen molar-refractivity contribution in [1.29, 1.82) is 0 Å². The van der Waals surface area contributed by atoms with E-state index in [9.17, 15) is 0 Å². The zero-order valence-corrected chi connectivity index (χ0v) is 9.93. The van der Waals surface area contributed by atoms with Crippen LogP contribution in [-0.4, -0.2) is 14.5 Å². The monoisotopic (exact) mass is 228 g/mol. The molecule has 2 N–H and O–H groups in total. The Morgan fingerprint density at radius 3 is 3.06 bits per heavy atom. The van der Waals surface area contributed by atoms with Crippen LogP contribution in [0.15, 0.2) is 24.7 Å². The number of nitrogens with zero attached hydrogens (tertiary/aromatic N) is 3. The van der Waals surface area contributed by atoms with Crippen LogP contribution in [-0.2, 0) is 6.42 Å². The van der Waals surface area contributed by atoms with Gasteiger partial charge in [0.1, 0.15) is 0 Å². The van der Waals surface area contributed by atoms with Crippen LogP contribution < -0.4 is 5.73 Å². The van der Waals surface area contributed by atoms with Crippen molar-refractivity contribution < 1.29 is 0 Å². The zero-order valence-electron chi connectivity index (χ0n) is 9.93. The summed E-state index contributed by atoms with van der Waals surface area (Å²) in [6, 6.07) is 2.36. The average molecular weight is 228 g/mol. The summed E-state index contributed by atoms with van der Waals surface area (Å²) in [7, 11) is 0. The molecule has 4 heteroatoms. The molecule has 0 bridgehead atoms. The van der Waals surface area contributed by atoms with Crippen LogP contribution in [0.3, 0.4) is 0 Å². The summed E-state index contributed by atoms with van der Waals surface area (Å²) in [4.78, 5) is 8.51. The van der Waals surface area contributed by atoms with Crippen LogP contribution in [0.2, 0.25) is 0 Å². The predicted molar refractivity (Wildman–Crippen MR) is 66.0 cm³/mol. The fourth-order valence-electron chi connectivity index (χ4n) is 2.66. The second-order valence-corrected chi connectivity index (χ2v) is 4.59. The lowest BCUT2D eigenvalue weighted by molar-refractivity contribution is 0.559. The Kier molecular flexibility index (Phi) is 2.44. The van der Waals surface area contributed by atoms with Gasteiger partial charge in [-0.1, -0.05) is 0 Å². The molecule has 2 aromatic heterocycles. The minimum absolute atomic E-state index is 0.176. The van der Waals surface area contributed by atoms with Gasteiger partial charge in [-0.3, -0.25) is 4.98 Å². The Morgan fingerprint density at radius 2 is 2.29 bits per heavy atom. The molecule has 1 unspecified atom stereocenters. The van der Waals surface area contributed by atoms with Crippen molar-refractivity contribution in [3.05, 3.63) is 41.6 Å². The van der Waals surface area contributed by atoms with Crippen LogP contribution >= 0.6 is 0 Å². The quantitative estimate of drug-likeness (QED) is 0.811. The fraction of sp³-hybridized carbons (Fsp3) is 0.385. The molecule has 0 saturated carbocycles. The first-order valence-corrected chi connectivity index (χ1v) is 6.00. The van der Waals surface area contributed by atoms with Crippen LogP contribution in [0, 0.1) is 6.92 Å². The van der Waals surface area contributed by atoms with Crippen molar-refractivity contribution in [2.45, 2.75) is 32.2 Å². The van der Waals surface area contributed by atoms with Gasteiger partial charge in [0.2, 0.25) is 0 Å². The number of hydrogen-bond acceptors (Lipinski definition) is 3. The van der Waals surface area contributed by atoms with Gasteiger partial charge in [-0.2, -0.15) is 0 Å². The van der Waals surface area contributed by atoms with E-state index >= 15 is 0 Å². The highest BCUT2D eigenvalue weighted by atomic mass is 15.1. The molecule has 0 aromatic carbocycles. The maximum atomic E-state index is 6.16. The van der Waals surface area contributed by atoms with Gasteiger partial charge in [0.25, 0.3) is 0 Å². The van der Waals surface area contributed by atoms with Crippen molar-refractivity contribution in [2.75, 3.05) is 0 Å². The van der Waals surface area contributed by atoms with Crippen molar-refractivity contribution >= 4 is 0 Å². The average Bonchev–Trinajstić information content (AvgIpc) is 2.68. The summed E-state index contributed by atoms with van der Waals surface area (Å²) in [5, 5.41) is 0. The molecule has 17 heavy (non-hydrogen) atoms. The molecule has 0 saturated heterocycles. The highest BCUT2D eigenvalue weighted by molar-refractivity contribution is 5.39. The summed E-state index contributed by atoms with van der Waals surface area (Å²) < 4.78 is 2.18. The zero-order chi connectivity index (χ0) is 11.8. The van der Waals surface area contributed by atoms with Crippen LogP contribution in [0.1, 0.15) is 35.8 Å². The SMILES string of the molecule is Cc1cc2c(n1-c1cnccn1)CCCC2N. The van der Waals surface area contributed by atoms with Crippen molar-refractivity contribution in [2.24, 2.45) is 5.73 Å². The lowest BCUT2D eigenvalue weighted by atomic mass is 9.93. The van der Waals surface area contributed by atoms with Crippen molar-refractivity contribution in [1.82, 2.24) is 14.5 Å². The third-order valence-corrected chi connectivity index (χ3v) is 3.43. The van der Waals surface area contributed by atoms with E-state index in [-0.39, 0.29) is 6.04 Å². The molecule has 0 radical (unpaired) electrons. The van der Waals surface area contributed by atoms with E-state index in [4.69, 9.17) is 5.73 Å². The molecule has 2 aromatic rings. The molecule has 0 fully saturated rings. The van der Waals surface area contributed by atoms with E-state index in [1.807, 2.05) is 0 Å². The third-order valence-electron chi connectivity index (χ3n) is 3.43. The van der Waals surface area contributed by atoms with Crippen LogP contribution in [0.25, 0.3) is 5.82 Å². The first kappa shape index (κ1) is 10.5. The van der Waals surface area contributed by atoms with E-state index < -0.39 is 0 Å². The third kappa shape index (κ3) is 1.65. The molecule has 3 rings (SSSR count). The largest absolute Gasteiger partial charge is 0.324 e. The number of aromatic nitrogens is 3. The highest BCUT2D eigenvalue weighted by Crippen LogP contribution is 2.31. The molecular weight excluding hydrogens is 212 g/mol. The lowest BCUT2D eigenvalue weighted by Gasteiger charge is -2.20. The van der Waals surface area contributed by atoms with E-state index in [0.29, 0.717) is 0 Å². The predicted octanol–water partition coefficient (Wildman–Crippen LogP) is 1.91. The number of fused-ring (bicyclic) bond motifs is 1. The van der Waals surface area contributed by atoms with E-state index in [2.05, 4.69) is 27.5 Å². The normalized spacial score (nSPS) is 19.1. The molecule has 0 aliphatic heterocycles. The van der Waals surface area contributed by atoms with Crippen LogP contribution in [0.5, 0.6) is 0 Å². The maximum Gasteiger partial charge on any atom is 0.155 e. The number of nitrogens with two attached hydrogens (primary N) is 1. The van der Waals surface area contributed by atoms with Crippen molar-refractivity contribution in [3.8, 4) is 5.82 Å². The highest BCUT2D eigenvalue weighted by Gasteiger charge is 2.22. The second-order valence-electron chi connectivity index (χ2n) is 4.59. The Balaban J connectivity index is 2.18. The molecule has 1 aliphatic rings. The van der Waals surface area contributed by atoms with Gasteiger partial charge in [0, 0.05) is 29.8 Å². The first-order chi connectivity index (χ1) is 8.27. The van der Waals surface area contributed by atoms with Gasteiger partial charge in [-0.15, -0.1) is 0 Å². The lowest BCUT2D eigenvalue weighted by Crippen LogP contribution is -2.18. The molecule has 88 valence electrons. The Morgan fingerprint density at radius 1 is 1.41 bits per heavy atom. The summed E-state index contributed by atoms with van der Waals surface area (Å²) in [6.07, 6.45) is 8.53. The van der Waals surface area contributed by atoms with E-state index in [0.717, 1.165) is 25.1 Å². The fourth-order valence-corrected chi connectivity index (χ4v) is 2.66. The number of aryl methyl sites for hydroxylation is 1. The molecule has 0 spiro atoms. The molecule has 4 nitrogen and oxygen atoms in total. The van der Waals surface area contributed by atoms with Gasteiger partial charge in [0.05, 0.1) is 6.20 Å². The second kappa shape index (κ2) is 3.96. The van der Waals surface area contributed by atoms with Gasteiger partial charge in [-0.05, 0) is 37.8 Å². The summed E-state index contributed by atoms with van der Waals surface area (Å²) in [5.74, 6) is 0.889. The van der Waals surface area contributed by atoms with Crippen molar-refractivity contribution in [3.63, 3.8) is 0 Å². The standard InChI is InChI=1S/C13H16N4/c1-9-7-10-11(14)3-2-4-12(10)17(9)13-8-15-5-6-16-13/h5-8,11H,2-4,14H2,1H3. The molecule has 1 aliphatic carbocycles. The Hall–Kier alpha value is -1.68. The van der Waals surface area contributed by atoms with E-state index in [1.165, 1.54) is 17.0 Å².